The number of aromatic nitrogens is 1. The van der Waals surface area contributed by atoms with E-state index < -0.39 is 17.5 Å². The van der Waals surface area contributed by atoms with Crippen molar-refractivity contribution < 1.29 is 23.9 Å². The molecule has 4 amide bonds. The highest BCUT2D eigenvalue weighted by Gasteiger charge is 2.50. The standard InChI is InChI=1S/C25H24N4O5S/c1-25(16-6-7-18-19(12-16)34-14-33-18)23(31)29(24(32)27-25)13-21(30)28-10-8-15(9-11-28)22-26-17-4-2-3-5-20(17)35-22/h2-7,12,15H,8-11,13-14H2,1H3,(H,27,32). The molecule has 1 aromatic heterocycles. The average molecular weight is 493 g/mol. The van der Waals surface area contributed by atoms with E-state index in [2.05, 4.69) is 11.4 Å². The Morgan fingerprint density at radius 1 is 1.14 bits per heavy atom. The molecule has 6 rings (SSSR count). The number of urea groups is 1. The second kappa shape index (κ2) is 8.23. The molecule has 0 bridgehead atoms. The molecule has 1 N–H and O–H groups in total. The summed E-state index contributed by atoms with van der Waals surface area (Å²) in [5.74, 6) is 0.736. The first-order valence-corrected chi connectivity index (χ1v) is 12.4. The van der Waals surface area contributed by atoms with Crippen LogP contribution in [0.5, 0.6) is 11.5 Å². The smallest absolute Gasteiger partial charge is 0.325 e. The lowest BCUT2D eigenvalue weighted by molar-refractivity contribution is -0.139. The van der Waals surface area contributed by atoms with E-state index in [-0.39, 0.29) is 19.2 Å². The molecule has 10 heteroatoms. The van der Waals surface area contributed by atoms with Gasteiger partial charge in [0.1, 0.15) is 12.1 Å². The van der Waals surface area contributed by atoms with Gasteiger partial charge in [-0.2, -0.15) is 0 Å². The number of amides is 4. The maximum atomic E-state index is 13.3. The summed E-state index contributed by atoms with van der Waals surface area (Å²) in [6.45, 7) is 2.62. The maximum absolute atomic E-state index is 13.3. The zero-order chi connectivity index (χ0) is 24.2. The van der Waals surface area contributed by atoms with Crippen molar-refractivity contribution in [3.8, 4) is 11.5 Å². The molecule has 1 atom stereocenters. The number of piperidine rings is 1. The number of imide groups is 1. The van der Waals surface area contributed by atoms with Gasteiger partial charge in [-0.15, -0.1) is 11.3 Å². The van der Waals surface area contributed by atoms with Crippen LogP contribution >= 0.6 is 11.3 Å². The highest BCUT2D eigenvalue weighted by atomic mass is 32.1. The molecule has 35 heavy (non-hydrogen) atoms. The van der Waals surface area contributed by atoms with E-state index in [4.69, 9.17) is 14.5 Å². The van der Waals surface area contributed by atoms with Gasteiger partial charge >= 0.3 is 6.03 Å². The summed E-state index contributed by atoms with van der Waals surface area (Å²) in [5.41, 5.74) is 0.305. The number of hydrogen-bond acceptors (Lipinski definition) is 7. The zero-order valence-electron chi connectivity index (χ0n) is 19.2. The third-order valence-corrected chi connectivity index (χ3v) is 8.22. The van der Waals surface area contributed by atoms with Crippen LogP contribution in [0, 0.1) is 0 Å². The first kappa shape index (κ1) is 21.8. The van der Waals surface area contributed by atoms with Crippen molar-refractivity contribution in [2.75, 3.05) is 26.4 Å². The van der Waals surface area contributed by atoms with Gasteiger partial charge < -0.3 is 19.7 Å². The number of likely N-dealkylation sites (tertiary alicyclic amines) is 1. The molecule has 0 spiro atoms. The van der Waals surface area contributed by atoms with Crippen molar-refractivity contribution in [1.82, 2.24) is 20.1 Å². The molecular weight excluding hydrogens is 468 g/mol. The number of ether oxygens (including phenoxy) is 2. The first-order valence-electron chi connectivity index (χ1n) is 11.6. The Bertz CT molecular complexity index is 1320. The average Bonchev–Trinajstić information content (AvgIpc) is 3.57. The van der Waals surface area contributed by atoms with E-state index in [0.717, 1.165) is 28.3 Å². The van der Waals surface area contributed by atoms with Crippen LogP contribution < -0.4 is 14.8 Å². The summed E-state index contributed by atoms with van der Waals surface area (Å²) in [4.78, 5) is 46.5. The van der Waals surface area contributed by atoms with E-state index in [1.165, 1.54) is 4.70 Å². The Labute approximate surface area is 205 Å². The largest absolute Gasteiger partial charge is 0.454 e. The van der Waals surface area contributed by atoms with E-state index >= 15 is 0 Å². The minimum absolute atomic E-state index is 0.117. The van der Waals surface area contributed by atoms with Gasteiger partial charge in [-0.25, -0.2) is 9.78 Å². The van der Waals surface area contributed by atoms with Gasteiger partial charge in [-0.3, -0.25) is 14.5 Å². The molecule has 2 aromatic carbocycles. The van der Waals surface area contributed by atoms with E-state index in [1.807, 2.05) is 18.2 Å². The maximum Gasteiger partial charge on any atom is 0.325 e. The topological polar surface area (TPSA) is 101 Å². The van der Waals surface area contributed by atoms with Gasteiger partial charge in [0.2, 0.25) is 12.7 Å². The molecule has 3 aliphatic heterocycles. The third kappa shape index (κ3) is 3.68. The molecule has 3 aromatic rings. The zero-order valence-corrected chi connectivity index (χ0v) is 20.0. The fraction of sp³-hybridized carbons (Fsp3) is 0.360. The molecule has 0 aliphatic carbocycles. The number of rotatable bonds is 4. The van der Waals surface area contributed by atoms with Crippen LogP contribution in [0.15, 0.2) is 42.5 Å². The van der Waals surface area contributed by atoms with Crippen LogP contribution in [0.1, 0.15) is 36.3 Å². The molecular formula is C25H24N4O5S. The Balaban J connectivity index is 1.11. The molecule has 0 saturated carbocycles. The number of carbonyl (C=O) groups is 3. The normalized spacial score (nSPS) is 22.2. The van der Waals surface area contributed by atoms with Crippen LogP contribution in [-0.4, -0.2) is 59.1 Å². The van der Waals surface area contributed by atoms with Gasteiger partial charge in [0.25, 0.3) is 5.91 Å². The van der Waals surface area contributed by atoms with Crippen molar-refractivity contribution in [3.05, 3.63) is 53.0 Å². The molecule has 180 valence electrons. The summed E-state index contributed by atoms with van der Waals surface area (Å²) < 4.78 is 11.9. The number of carbonyl (C=O) groups excluding carboxylic acids is 3. The van der Waals surface area contributed by atoms with Crippen molar-refractivity contribution in [2.24, 2.45) is 0 Å². The van der Waals surface area contributed by atoms with Crippen LogP contribution in [0.4, 0.5) is 4.79 Å². The van der Waals surface area contributed by atoms with Gasteiger partial charge in [0, 0.05) is 19.0 Å². The van der Waals surface area contributed by atoms with Gasteiger partial charge in [0.05, 0.1) is 15.2 Å². The van der Waals surface area contributed by atoms with E-state index in [0.29, 0.717) is 36.1 Å². The summed E-state index contributed by atoms with van der Waals surface area (Å²) >= 11 is 1.71. The number of para-hydroxylation sites is 1. The molecule has 1 unspecified atom stereocenters. The SMILES string of the molecule is CC1(c2ccc3c(c2)OCO3)NC(=O)N(CC(=O)N2CCC(c3nc4ccccc4s3)CC2)C1=O. The lowest BCUT2D eigenvalue weighted by atomic mass is 9.91. The third-order valence-electron chi connectivity index (χ3n) is 7.03. The summed E-state index contributed by atoms with van der Waals surface area (Å²) in [6.07, 6.45) is 1.61. The van der Waals surface area contributed by atoms with Gasteiger partial charge in [-0.1, -0.05) is 18.2 Å². The van der Waals surface area contributed by atoms with Crippen LogP contribution in [0.3, 0.4) is 0 Å². The lowest BCUT2D eigenvalue weighted by Crippen LogP contribution is -2.46. The number of thiazole rings is 1. The molecule has 2 fully saturated rings. The quantitative estimate of drug-likeness (QED) is 0.562. The second-order valence-corrected chi connectivity index (χ2v) is 10.3. The van der Waals surface area contributed by atoms with Crippen LogP contribution in [-0.2, 0) is 15.1 Å². The summed E-state index contributed by atoms with van der Waals surface area (Å²) in [6, 6.07) is 12.6. The predicted molar refractivity (Wildman–Crippen MR) is 128 cm³/mol. The number of nitrogens with one attached hydrogen (secondary N) is 1. The number of fused-ring (bicyclic) bond motifs is 2. The van der Waals surface area contributed by atoms with Crippen molar-refractivity contribution >= 4 is 39.4 Å². The highest BCUT2D eigenvalue weighted by molar-refractivity contribution is 7.18. The van der Waals surface area contributed by atoms with E-state index in [9.17, 15) is 14.4 Å². The Morgan fingerprint density at radius 3 is 2.71 bits per heavy atom. The summed E-state index contributed by atoms with van der Waals surface area (Å²) in [5, 5.41) is 3.85. The number of hydrogen-bond donors (Lipinski definition) is 1. The Kier molecular flexibility index (Phi) is 5.14. The monoisotopic (exact) mass is 492 g/mol. The Morgan fingerprint density at radius 2 is 1.91 bits per heavy atom. The minimum Gasteiger partial charge on any atom is -0.454 e. The highest BCUT2D eigenvalue weighted by Crippen LogP contribution is 2.38. The lowest BCUT2D eigenvalue weighted by Gasteiger charge is -2.32. The van der Waals surface area contributed by atoms with Gasteiger partial charge in [-0.05, 0) is 49.6 Å². The molecule has 9 nitrogen and oxygen atoms in total. The number of nitrogens with zero attached hydrogens (tertiary/aromatic N) is 3. The molecule has 3 aliphatic rings. The first-order chi connectivity index (χ1) is 16.9. The van der Waals surface area contributed by atoms with Crippen molar-refractivity contribution in [2.45, 2.75) is 31.2 Å². The predicted octanol–water partition coefficient (Wildman–Crippen LogP) is 3.20. The summed E-state index contributed by atoms with van der Waals surface area (Å²) in [7, 11) is 0. The van der Waals surface area contributed by atoms with Gasteiger partial charge in [0.15, 0.2) is 11.5 Å². The molecule has 0 radical (unpaired) electrons. The van der Waals surface area contributed by atoms with Crippen LogP contribution in [0.2, 0.25) is 0 Å². The minimum atomic E-state index is -1.28. The Hall–Kier alpha value is -3.66. The number of benzene rings is 2. The fourth-order valence-corrected chi connectivity index (χ4v) is 6.06. The second-order valence-electron chi connectivity index (χ2n) is 9.19. The van der Waals surface area contributed by atoms with Crippen molar-refractivity contribution in [3.63, 3.8) is 0 Å². The van der Waals surface area contributed by atoms with Crippen LogP contribution in [0.25, 0.3) is 10.2 Å². The molecule has 2 saturated heterocycles. The molecule has 4 heterocycles. The van der Waals surface area contributed by atoms with Crippen molar-refractivity contribution in [1.29, 1.82) is 0 Å². The van der Waals surface area contributed by atoms with E-state index in [1.54, 1.807) is 41.4 Å². The fourth-order valence-electron chi connectivity index (χ4n) is 4.92.